The normalized spacial score (nSPS) is 11.5. The number of nitrogens with zero attached hydrogens (tertiary/aromatic N) is 2. The lowest BCUT2D eigenvalue weighted by molar-refractivity contribution is 0.669. The maximum Gasteiger partial charge on any atom is 0.143 e. The number of anilines is 6. The highest BCUT2D eigenvalue weighted by atomic mass is 16.3. The van der Waals surface area contributed by atoms with Crippen LogP contribution in [-0.2, 0) is 0 Å². The first kappa shape index (κ1) is 39.3. The van der Waals surface area contributed by atoms with Gasteiger partial charge in [0.2, 0.25) is 0 Å². The highest BCUT2D eigenvalue weighted by molar-refractivity contribution is 6.16. The lowest BCUT2D eigenvalue weighted by Crippen LogP contribution is -2.11. The van der Waals surface area contributed by atoms with E-state index in [1.807, 2.05) is 12.1 Å². The third kappa shape index (κ3) is 6.78. The number of benzene rings is 11. The van der Waals surface area contributed by atoms with E-state index in [4.69, 9.17) is 8.83 Å². The van der Waals surface area contributed by atoms with Crippen LogP contribution in [-0.4, -0.2) is 0 Å². The summed E-state index contributed by atoms with van der Waals surface area (Å²) in [5.41, 5.74) is 16.2. The summed E-state index contributed by atoms with van der Waals surface area (Å²) in [6, 6.07) is 90.6. The zero-order valence-corrected chi connectivity index (χ0v) is 37.0. The Morgan fingerprint density at radius 2 is 0.794 bits per heavy atom. The van der Waals surface area contributed by atoms with E-state index in [0.717, 1.165) is 117 Å². The summed E-state index contributed by atoms with van der Waals surface area (Å²) in [4.78, 5) is 4.69. The van der Waals surface area contributed by atoms with Gasteiger partial charge in [-0.1, -0.05) is 152 Å². The van der Waals surface area contributed by atoms with Gasteiger partial charge in [0, 0.05) is 67.1 Å². The number of furan rings is 2. The molecule has 68 heavy (non-hydrogen) atoms. The minimum atomic E-state index is 0.839. The van der Waals surface area contributed by atoms with Crippen molar-refractivity contribution in [3.63, 3.8) is 0 Å². The number of fused-ring (bicyclic) bond motifs is 7. The van der Waals surface area contributed by atoms with E-state index in [2.05, 4.69) is 252 Å². The summed E-state index contributed by atoms with van der Waals surface area (Å²) in [5, 5.41) is 6.64. The second kappa shape index (κ2) is 16.4. The molecular formula is C64H42N2O2. The molecule has 4 nitrogen and oxygen atoms in total. The van der Waals surface area contributed by atoms with Crippen LogP contribution in [0.15, 0.2) is 264 Å². The topological polar surface area (TPSA) is 32.8 Å². The number of rotatable bonds is 9. The standard InChI is InChI=1S/C64H42N2O2/c1-5-19-43(20-6-1)55-37-46(33-36-60(55)65(48-23-7-2-8-24-48)49-25-9-3-10-26-49)47-39-57(64-58(40-47)56-38-44-21-13-14-22-45(44)41-62(56)68-64)52-29-15-17-31-59(52)66(50-27-11-4-12-28-50)51-34-35-54-53-30-16-18-32-61(53)67-63(54)42-51/h1-42H. The fraction of sp³-hybridized carbons (Fsp3) is 0. The van der Waals surface area contributed by atoms with Crippen molar-refractivity contribution in [2.24, 2.45) is 0 Å². The summed E-state index contributed by atoms with van der Waals surface area (Å²) in [5.74, 6) is 0. The Bertz CT molecular complexity index is 3930. The molecule has 0 aliphatic rings. The fourth-order valence-corrected chi connectivity index (χ4v) is 10.0. The minimum Gasteiger partial charge on any atom is -0.456 e. The van der Waals surface area contributed by atoms with Crippen LogP contribution in [0.1, 0.15) is 0 Å². The van der Waals surface area contributed by atoms with Gasteiger partial charge >= 0.3 is 0 Å². The molecule has 0 bridgehead atoms. The molecule has 0 amide bonds. The fourth-order valence-electron chi connectivity index (χ4n) is 10.0. The molecular weight excluding hydrogens is 829 g/mol. The minimum absolute atomic E-state index is 0.839. The Kier molecular flexibility index (Phi) is 9.47. The van der Waals surface area contributed by atoms with Crippen LogP contribution in [0, 0.1) is 0 Å². The van der Waals surface area contributed by atoms with Gasteiger partial charge in [-0.05, 0) is 125 Å². The van der Waals surface area contributed by atoms with Gasteiger partial charge in [-0.25, -0.2) is 0 Å². The third-order valence-electron chi connectivity index (χ3n) is 13.2. The van der Waals surface area contributed by atoms with Crippen molar-refractivity contribution in [3.05, 3.63) is 255 Å². The molecule has 4 heteroatoms. The zero-order valence-electron chi connectivity index (χ0n) is 37.0. The van der Waals surface area contributed by atoms with Gasteiger partial charge in [0.1, 0.15) is 22.3 Å². The highest BCUT2D eigenvalue weighted by Gasteiger charge is 2.24. The predicted octanol–water partition coefficient (Wildman–Crippen LogP) is 18.6. The summed E-state index contributed by atoms with van der Waals surface area (Å²) in [6.45, 7) is 0. The molecule has 0 fully saturated rings. The van der Waals surface area contributed by atoms with E-state index in [1.165, 1.54) is 5.39 Å². The van der Waals surface area contributed by atoms with Gasteiger partial charge in [0.15, 0.2) is 0 Å². The first-order chi connectivity index (χ1) is 33.7. The second-order valence-corrected chi connectivity index (χ2v) is 17.3. The first-order valence-corrected chi connectivity index (χ1v) is 23.1. The molecule has 0 atom stereocenters. The molecule has 0 radical (unpaired) electrons. The van der Waals surface area contributed by atoms with Crippen molar-refractivity contribution in [2.75, 3.05) is 9.80 Å². The first-order valence-electron chi connectivity index (χ1n) is 23.1. The molecule has 0 unspecified atom stereocenters. The largest absolute Gasteiger partial charge is 0.456 e. The predicted molar refractivity (Wildman–Crippen MR) is 284 cm³/mol. The number of hydrogen-bond donors (Lipinski definition) is 0. The average molecular weight is 871 g/mol. The van der Waals surface area contributed by atoms with Gasteiger partial charge in [0.25, 0.3) is 0 Å². The van der Waals surface area contributed by atoms with Crippen molar-refractivity contribution >= 4 is 88.8 Å². The van der Waals surface area contributed by atoms with Crippen LogP contribution in [0.3, 0.4) is 0 Å². The average Bonchev–Trinajstić information content (AvgIpc) is 3.97. The van der Waals surface area contributed by atoms with Crippen LogP contribution in [0.25, 0.3) is 88.0 Å². The molecule has 0 spiro atoms. The zero-order chi connectivity index (χ0) is 45.0. The van der Waals surface area contributed by atoms with E-state index in [-0.39, 0.29) is 0 Å². The van der Waals surface area contributed by atoms with Crippen molar-refractivity contribution in [2.45, 2.75) is 0 Å². The summed E-state index contributed by atoms with van der Waals surface area (Å²) in [7, 11) is 0. The van der Waals surface area contributed by atoms with E-state index in [1.54, 1.807) is 0 Å². The molecule has 0 aliphatic heterocycles. The molecule has 0 saturated carbocycles. The van der Waals surface area contributed by atoms with Crippen molar-refractivity contribution < 1.29 is 8.83 Å². The summed E-state index contributed by atoms with van der Waals surface area (Å²) >= 11 is 0. The van der Waals surface area contributed by atoms with E-state index < -0.39 is 0 Å². The Hall–Kier alpha value is -9.12. The maximum absolute atomic E-state index is 7.08. The Morgan fingerprint density at radius 3 is 1.51 bits per heavy atom. The van der Waals surface area contributed by atoms with Crippen molar-refractivity contribution in [1.82, 2.24) is 0 Å². The highest BCUT2D eigenvalue weighted by Crippen LogP contribution is 2.48. The molecule has 11 aromatic carbocycles. The van der Waals surface area contributed by atoms with E-state index in [0.29, 0.717) is 0 Å². The molecule has 13 rings (SSSR count). The lowest BCUT2D eigenvalue weighted by Gasteiger charge is -2.28. The molecule has 0 N–H and O–H groups in total. The van der Waals surface area contributed by atoms with Gasteiger partial charge < -0.3 is 18.6 Å². The van der Waals surface area contributed by atoms with Gasteiger partial charge in [-0.15, -0.1) is 0 Å². The van der Waals surface area contributed by atoms with Crippen LogP contribution < -0.4 is 9.80 Å². The third-order valence-corrected chi connectivity index (χ3v) is 13.2. The maximum atomic E-state index is 7.08. The quantitative estimate of drug-likeness (QED) is 0.145. The Morgan fingerprint density at radius 1 is 0.250 bits per heavy atom. The van der Waals surface area contributed by atoms with Crippen LogP contribution in [0.4, 0.5) is 34.1 Å². The van der Waals surface area contributed by atoms with Gasteiger partial charge in [0.05, 0.1) is 11.4 Å². The van der Waals surface area contributed by atoms with E-state index in [9.17, 15) is 0 Å². The second-order valence-electron chi connectivity index (χ2n) is 17.3. The molecule has 2 aromatic heterocycles. The van der Waals surface area contributed by atoms with Crippen LogP contribution in [0.2, 0.25) is 0 Å². The monoisotopic (exact) mass is 870 g/mol. The SMILES string of the molecule is c1ccc(-c2cc(-c3cc(-c4ccccc4N(c4ccccc4)c4ccc5c(c4)oc4ccccc45)c4oc5cc6ccccc6cc5c4c3)ccc2N(c2ccccc2)c2ccccc2)cc1. The molecule has 0 saturated heterocycles. The smallest absolute Gasteiger partial charge is 0.143 e. The molecule has 0 aliphatic carbocycles. The van der Waals surface area contributed by atoms with Crippen molar-refractivity contribution in [1.29, 1.82) is 0 Å². The Labute approximate surface area is 393 Å². The summed E-state index contributed by atoms with van der Waals surface area (Å²) in [6.07, 6.45) is 0. The molecule has 320 valence electrons. The van der Waals surface area contributed by atoms with Gasteiger partial charge in [-0.3, -0.25) is 0 Å². The van der Waals surface area contributed by atoms with Crippen LogP contribution in [0.5, 0.6) is 0 Å². The Balaban J connectivity index is 1.06. The van der Waals surface area contributed by atoms with Crippen molar-refractivity contribution in [3.8, 4) is 33.4 Å². The molecule has 2 heterocycles. The van der Waals surface area contributed by atoms with E-state index >= 15 is 0 Å². The number of hydrogen-bond acceptors (Lipinski definition) is 4. The number of para-hydroxylation sites is 5. The van der Waals surface area contributed by atoms with Crippen LogP contribution >= 0.6 is 0 Å². The summed E-state index contributed by atoms with van der Waals surface area (Å²) < 4.78 is 13.6. The molecule has 13 aromatic rings. The lowest BCUT2D eigenvalue weighted by atomic mass is 9.92. The van der Waals surface area contributed by atoms with Gasteiger partial charge in [-0.2, -0.15) is 0 Å².